The Bertz CT molecular complexity index is 1410. The number of hydrogen-bond donors (Lipinski definition) is 1. The van der Waals surface area contributed by atoms with E-state index in [1.165, 1.54) is 4.90 Å². The molecule has 5 rings (SSSR count). The number of fused-ring (bicyclic) bond motifs is 1. The van der Waals surface area contributed by atoms with Gasteiger partial charge < -0.3 is 9.84 Å². The molecule has 1 aliphatic rings. The van der Waals surface area contributed by atoms with Crippen LogP contribution in [0.15, 0.2) is 96.8 Å². The summed E-state index contributed by atoms with van der Waals surface area (Å²) < 4.78 is 5.51. The molecule has 1 fully saturated rings. The number of aromatic nitrogens is 1. The lowest BCUT2D eigenvalue weighted by molar-refractivity contribution is -0.132. The van der Waals surface area contributed by atoms with Gasteiger partial charge in [0.05, 0.1) is 18.2 Å². The van der Waals surface area contributed by atoms with Crippen molar-refractivity contribution in [3.8, 4) is 5.75 Å². The van der Waals surface area contributed by atoms with E-state index in [0.717, 1.165) is 10.8 Å². The van der Waals surface area contributed by atoms with Gasteiger partial charge in [-0.25, -0.2) is 0 Å². The minimum Gasteiger partial charge on any atom is -0.507 e. The summed E-state index contributed by atoms with van der Waals surface area (Å²) in [5.41, 5.74) is 1.65. The number of pyridine rings is 1. The summed E-state index contributed by atoms with van der Waals surface area (Å²) in [5, 5.41) is 13.3. The first-order valence-electron chi connectivity index (χ1n) is 11.0. The second-order valence-corrected chi connectivity index (χ2v) is 7.94. The molecule has 4 aromatic rings. The summed E-state index contributed by atoms with van der Waals surface area (Å²) >= 11 is 0. The molecule has 0 spiro atoms. The van der Waals surface area contributed by atoms with Crippen LogP contribution < -0.4 is 9.64 Å². The van der Waals surface area contributed by atoms with E-state index < -0.39 is 17.7 Å². The lowest BCUT2D eigenvalue weighted by atomic mass is 9.95. The van der Waals surface area contributed by atoms with E-state index in [2.05, 4.69) is 4.98 Å². The molecule has 0 bridgehead atoms. The lowest BCUT2D eigenvalue weighted by Gasteiger charge is -2.25. The van der Waals surface area contributed by atoms with E-state index in [-0.39, 0.29) is 11.3 Å². The molecule has 1 atom stereocenters. The average Bonchev–Trinajstić information content (AvgIpc) is 3.15. The lowest BCUT2D eigenvalue weighted by Crippen LogP contribution is -2.29. The van der Waals surface area contributed by atoms with Gasteiger partial charge in [-0.15, -0.1) is 0 Å². The molecule has 0 saturated carbocycles. The number of rotatable bonds is 5. The summed E-state index contributed by atoms with van der Waals surface area (Å²) in [6.45, 7) is 2.41. The third-order valence-electron chi connectivity index (χ3n) is 5.89. The maximum absolute atomic E-state index is 13.3. The Hall–Kier alpha value is -4.45. The summed E-state index contributed by atoms with van der Waals surface area (Å²) in [4.78, 5) is 32.1. The van der Waals surface area contributed by atoms with Gasteiger partial charge in [-0.3, -0.25) is 19.5 Å². The average molecular weight is 450 g/mol. The highest BCUT2D eigenvalue weighted by Gasteiger charge is 2.47. The predicted octanol–water partition coefficient (Wildman–Crippen LogP) is 5.26. The smallest absolute Gasteiger partial charge is 0.300 e. The molecule has 6 nitrogen and oxygen atoms in total. The van der Waals surface area contributed by atoms with Crippen LogP contribution in [0.4, 0.5) is 5.69 Å². The summed E-state index contributed by atoms with van der Waals surface area (Å²) in [7, 11) is 0. The van der Waals surface area contributed by atoms with E-state index in [4.69, 9.17) is 4.74 Å². The van der Waals surface area contributed by atoms with Gasteiger partial charge in [0, 0.05) is 23.6 Å². The number of carbonyl (C=O) groups excluding carboxylic acids is 2. The fraction of sp³-hybridized carbons (Fsp3) is 0.107. The van der Waals surface area contributed by atoms with Crippen LogP contribution in [0.3, 0.4) is 0 Å². The van der Waals surface area contributed by atoms with Gasteiger partial charge in [-0.05, 0) is 59.7 Å². The van der Waals surface area contributed by atoms with Crippen molar-refractivity contribution < 1.29 is 19.4 Å². The minimum absolute atomic E-state index is 0.0298. The largest absolute Gasteiger partial charge is 0.507 e. The normalized spacial score (nSPS) is 17.3. The SMILES string of the molecule is CCOc1ccc(N2C(=O)C(=O)/C(=C(\O)c3ccc4ccccc4c3)C2c2cccnc2)cc1. The molecule has 3 aromatic carbocycles. The van der Waals surface area contributed by atoms with Crippen molar-refractivity contribution in [2.24, 2.45) is 0 Å². The Kier molecular flexibility index (Phi) is 5.55. The Labute approximate surface area is 196 Å². The fourth-order valence-corrected chi connectivity index (χ4v) is 4.31. The molecule has 6 heteroatoms. The number of aliphatic hydroxyl groups is 1. The van der Waals surface area contributed by atoms with E-state index in [1.807, 2.05) is 43.3 Å². The second-order valence-electron chi connectivity index (χ2n) is 7.94. The molecule has 34 heavy (non-hydrogen) atoms. The molecule has 1 N–H and O–H groups in total. The first-order chi connectivity index (χ1) is 16.6. The van der Waals surface area contributed by atoms with Crippen LogP contribution >= 0.6 is 0 Å². The summed E-state index contributed by atoms with van der Waals surface area (Å²) in [6.07, 6.45) is 3.22. The number of nitrogens with zero attached hydrogens (tertiary/aromatic N) is 2. The van der Waals surface area contributed by atoms with Crippen LogP contribution in [0.25, 0.3) is 16.5 Å². The van der Waals surface area contributed by atoms with Crippen LogP contribution in [0, 0.1) is 0 Å². The molecule has 0 aliphatic carbocycles. The van der Waals surface area contributed by atoms with Gasteiger partial charge >= 0.3 is 0 Å². The number of ketones is 1. The first kappa shape index (κ1) is 21.4. The highest BCUT2D eigenvalue weighted by atomic mass is 16.5. The predicted molar refractivity (Wildman–Crippen MR) is 131 cm³/mol. The number of aliphatic hydroxyl groups excluding tert-OH is 1. The van der Waals surface area contributed by atoms with E-state index in [9.17, 15) is 14.7 Å². The van der Waals surface area contributed by atoms with E-state index >= 15 is 0 Å². The number of carbonyl (C=O) groups is 2. The van der Waals surface area contributed by atoms with Crippen molar-refractivity contribution in [2.75, 3.05) is 11.5 Å². The third kappa shape index (κ3) is 3.69. The molecule has 2 heterocycles. The van der Waals surface area contributed by atoms with Crippen molar-refractivity contribution in [1.29, 1.82) is 0 Å². The molecular formula is C28H22N2O4. The maximum Gasteiger partial charge on any atom is 0.300 e. The monoisotopic (exact) mass is 450 g/mol. The quantitative estimate of drug-likeness (QED) is 0.255. The maximum atomic E-state index is 13.3. The van der Waals surface area contributed by atoms with Gasteiger partial charge in [0.1, 0.15) is 11.5 Å². The molecule has 1 unspecified atom stereocenters. The zero-order valence-electron chi connectivity index (χ0n) is 18.5. The topological polar surface area (TPSA) is 79.7 Å². The Balaban J connectivity index is 1.67. The standard InChI is InChI=1S/C28H22N2O4/c1-2-34-23-13-11-22(12-14-23)30-25(21-8-5-15-29-17-21)24(27(32)28(30)33)26(31)20-10-9-18-6-3-4-7-19(18)16-20/h3-17,25,31H,2H2,1H3/b26-24-. The number of benzene rings is 3. The van der Waals surface area contributed by atoms with Gasteiger partial charge in [0.15, 0.2) is 0 Å². The molecule has 168 valence electrons. The molecule has 1 aromatic heterocycles. The van der Waals surface area contributed by atoms with Gasteiger partial charge in [0.2, 0.25) is 0 Å². The zero-order valence-corrected chi connectivity index (χ0v) is 18.5. The van der Waals surface area contributed by atoms with Crippen molar-refractivity contribution in [3.05, 3.63) is 108 Å². The highest BCUT2D eigenvalue weighted by molar-refractivity contribution is 6.51. The second kappa shape index (κ2) is 8.83. The van der Waals surface area contributed by atoms with Crippen LogP contribution in [0.2, 0.25) is 0 Å². The van der Waals surface area contributed by atoms with Crippen LogP contribution in [-0.2, 0) is 9.59 Å². The molecule has 1 saturated heterocycles. The van der Waals surface area contributed by atoms with Crippen molar-refractivity contribution in [3.63, 3.8) is 0 Å². The number of Topliss-reactive ketones (excluding diaryl/α,β-unsaturated/α-hetero) is 1. The van der Waals surface area contributed by atoms with Crippen molar-refractivity contribution in [1.82, 2.24) is 4.98 Å². The number of amides is 1. The van der Waals surface area contributed by atoms with Gasteiger partial charge in [0.25, 0.3) is 11.7 Å². The Morgan fingerprint density at radius 3 is 2.44 bits per heavy atom. The van der Waals surface area contributed by atoms with Crippen LogP contribution in [0.1, 0.15) is 24.1 Å². The van der Waals surface area contributed by atoms with Gasteiger partial charge in [-0.2, -0.15) is 0 Å². The number of hydrogen-bond acceptors (Lipinski definition) is 5. The number of ether oxygens (including phenoxy) is 1. The Morgan fingerprint density at radius 2 is 1.74 bits per heavy atom. The first-order valence-corrected chi connectivity index (χ1v) is 11.0. The third-order valence-corrected chi connectivity index (χ3v) is 5.89. The van der Waals surface area contributed by atoms with E-state index in [1.54, 1.807) is 54.9 Å². The highest BCUT2D eigenvalue weighted by Crippen LogP contribution is 2.42. The van der Waals surface area contributed by atoms with E-state index in [0.29, 0.717) is 29.2 Å². The van der Waals surface area contributed by atoms with Crippen molar-refractivity contribution >= 4 is 33.9 Å². The van der Waals surface area contributed by atoms with Crippen LogP contribution in [0.5, 0.6) is 5.75 Å². The van der Waals surface area contributed by atoms with Crippen molar-refractivity contribution in [2.45, 2.75) is 13.0 Å². The van der Waals surface area contributed by atoms with Crippen LogP contribution in [-0.4, -0.2) is 28.4 Å². The molecule has 0 radical (unpaired) electrons. The Morgan fingerprint density at radius 1 is 0.971 bits per heavy atom. The molecule has 1 aliphatic heterocycles. The summed E-state index contributed by atoms with van der Waals surface area (Å²) in [6, 6.07) is 22.9. The molecule has 1 amide bonds. The van der Waals surface area contributed by atoms with Gasteiger partial charge in [-0.1, -0.05) is 42.5 Å². The number of anilines is 1. The summed E-state index contributed by atoms with van der Waals surface area (Å²) in [5.74, 6) is -1.00. The minimum atomic E-state index is -0.821. The zero-order chi connectivity index (χ0) is 23.7. The molecular weight excluding hydrogens is 428 g/mol. The fourth-order valence-electron chi connectivity index (χ4n) is 4.31.